The minimum absolute atomic E-state index is 0.0753. The van der Waals surface area contributed by atoms with Gasteiger partial charge in [0.2, 0.25) is 0 Å². The number of aromatic nitrogens is 1. The van der Waals surface area contributed by atoms with Gasteiger partial charge in [-0.05, 0) is 24.1 Å². The van der Waals surface area contributed by atoms with Gasteiger partial charge in [-0.15, -0.1) is 0 Å². The molecule has 0 saturated heterocycles. The first kappa shape index (κ1) is 12.6. The Kier molecular flexibility index (Phi) is 3.94. The number of hydrogen-bond acceptors (Lipinski definition) is 4. The zero-order valence-corrected chi connectivity index (χ0v) is 10.3. The van der Waals surface area contributed by atoms with Crippen LogP contribution >= 0.6 is 0 Å². The highest BCUT2D eigenvalue weighted by Crippen LogP contribution is 2.19. The minimum atomic E-state index is -0.998. The van der Waals surface area contributed by atoms with Crippen LogP contribution < -0.4 is 4.90 Å². The van der Waals surface area contributed by atoms with Crippen molar-refractivity contribution in [3.05, 3.63) is 35.7 Å². The van der Waals surface area contributed by atoms with Gasteiger partial charge in [0.15, 0.2) is 0 Å². The molecule has 0 spiro atoms. The van der Waals surface area contributed by atoms with E-state index in [1.807, 2.05) is 0 Å². The summed E-state index contributed by atoms with van der Waals surface area (Å²) in [5, 5.41) is 8.78. The molecule has 2 heterocycles. The van der Waals surface area contributed by atoms with Gasteiger partial charge >= 0.3 is 5.97 Å². The maximum absolute atomic E-state index is 10.7. The summed E-state index contributed by atoms with van der Waals surface area (Å²) in [4.78, 5) is 16.8. The molecule has 96 valence electrons. The van der Waals surface area contributed by atoms with Gasteiger partial charge in [-0.25, -0.2) is 9.78 Å². The number of anilines is 1. The van der Waals surface area contributed by atoms with Crippen LogP contribution in [-0.2, 0) is 4.74 Å². The molecule has 2 rings (SSSR count). The highest BCUT2D eigenvalue weighted by atomic mass is 16.5. The predicted octanol–water partition coefficient (Wildman–Crippen LogP) is 1.56. The summed E-state index contributed by atoms with van der Waals surface area (Å²) < 4.78 is 5.10. The molecule has 0 atom stereocenters. The molecule has 0 radical (unpaired) electrons. The van der Waals surface area contributed by atoms with Crippen LogP contribution in [0.3, 0.4) is 0 Å². The smallest absolute Gasteiger partial charge is 0.354 e. The van der Waals surface area contributed by atoms with Crippen LogP contribution in [0.2, 0.25) is 0 Å². The Morgan fingerprint density at radius 1 is 1.56 bits per heavy atom. The summed E-state index contributed by atoms with van der Waals surface area (Å²) >= 11 is 0. The lowest BCUT2D eigenvalue weighted by molar-refractivity contribution is 0.0690. The molecule has 0 bridgehead atoms. The first-order valence-electron chi connectivity index (χ1n) is 5.82. The molecular formula is C13H16N2O3. The molecule has 5 nitrogen and oxygen atoms in total. The van der Waals surface area contributed by atoms with E-state index in [4.69, 9.17) is 9.84 Å². The lowest BCUT2D eigenvalue weighted by Gasteiger charge is -2.28. The molecule has 0 unspecified atom stereocenters. The van der Waals surface area contributed by atoms with Crippen molar-refractivity contribution in [1.82, 2.24) is 4.98 Å². The first-order valence-corrected chi connectivity index (χ1v) is 5.82. The van der Waals surface area contributed by atoms with Crippen LogP contribution in [0.5, 0.6) is 0 Å². The van der Waals surface area contributed by atoms with Gasteiger partial charge in [-0.3, -0.25) is 0 Å². The topological polar surface area (TPSA) is 62.7 Å². The molecule has 0 saturated carbocycles. The summed E-state index contributed by atoms with van der Waals surface area (Å²) in [5.41, 5.74) is 2.34. The Morgan fingerprint density at radius 3 is 2.89 bits per heavy atom. The quantitative estimate of drug-likeness (QED) is 0.819. The number of methoxy groups -OCH3 is 1. The van der Waals surface area contributed by atoms with Crippen molar-refractivity contribution >= 4 is 11.7 Å². The second-order valence-electron chi connectivity index (χ2n) is 4.20. The average Bonchev–Trinajstić information content (AvgIpc) is 2.40. The third-order valence-electron chi connectivity index (χ3n) is 2.97. The van der Waals surface area contributed by atoms with E-state index in [1.165, 1.54) is 11.6 Å². The van der Waals surface area contributed by atoms with Crippen molar-refractivity contribution in [3.63, 3.8) is 0 Å². The fraction of sp³-hybridized carbons (Fsp3) is 0.385. The number of rotatable bonds is 4. The maximum atomic E-state index is 10.7. The first-order chi connectivity index (χ1) is 8.70. The Morgan fingerprint density at radius 2 is 2.39 bits per heavy atom. The summed E-state index contributed by atoms with van der Waals surface area (Å²) in [7, 11) is 1.70. The van der Waals surface area contributed by atoms with E-state index in [1.54, 1.807) is 19.4 Å². The van der Waals surface area contributed by atoms with Crippen molar-refractivity contribution < 1.29 is 14.6 Å². The zero-order chi connectivity index (χ0) is 13.0. The van der Waals surface area contributed by atoms with E-state index >= 15 is 0 Å². The van der Waals surface area contributed by atoms with Gasteiger partial charge < -0.3 is 14.7 Å². The molecule has 0 amide bonds. The van der Waals surface area contributed by atoms with E-state index < -0.39 is 5.97 Å². The molecule has 0 aromatic carbocycles. The SMILES string of the molecule is COCC1=CCN(c2ccc(C(=O)O)nc2)CC1. The zero-order valence-electron chi connectivity index (χ0n) is 10.3. The number of carboxylic acids is 1. The number of carbonyl (C=O) groups is 1. The van der Waals surface area contributed by atoms with Gasteiger partial charge in [-0.1, -0.05) is 6.08 Å². The summed E-state index contributed by atoms with van der Waals surface area (Å²) in [5.74, 6) is -0.998. The Labute approximate surface area is 106 Å². The second-order valence-corrected chi connectivity index (χ2v) is 4.20. The number of aromatic carboxylic acids is 1. The van der Waals surface area contributed by atoms with Gasteiger partial charge in [0.1, 0.15) is 5.69 Å². The molecule has 1 aliphatic heterocycles. The predicted molar refractivity (Wildman–Crippen MR) is 68.0 cm³/mol. The number of pyridine rings is 1. The Balaban J connectivity index is 2.03. The average molecular weight is 248 g/mol. The number of nitrogens with zero attached hydrogens (tertiary/aromatic N) is 2. The van der Waals surface area contributed by atoms with Crippen molar-refractivity contribution in [2.75, 3.05) is 31.7 Å². The molecule has 18 heavy (non-hydrogen) atoms. The van der Waals surface area contributed by atoms with Crippen molar-refractivity contribution in [1.29, 1.82) is 0 Å². The summed E-state index contributed by atoms with van der Waals surface area (Å²) in [6, 6.07) is 3.33. The van der Waals surface area contributed by atoms with E-state index in [9.17, 15) is 4.79 Å². The molecule has 1 aliphatic rings. The largest absolute Gasteiger partial charge is 0.477 e. The van der Waals surface area contributed by atoms with Gasteiger partial charge in [-0.2, -0.15) is 0 Å². The molecule has 0 fully saturated rings. The van der Waals surface area contributed by atoms with Crippen molar-refractivity contribution in [2.45, 2.75) is 6.42 Å². The van der Waals surface area contributed by atoms with E-state index in [0.717, 1.165) is 25.2 Å². The van der Waals surface area contributed by atoms with E-state index in [0.29, 0.717) is 6.61 Å². The third kappa shape index (κ3) is 2.87. The molecule has 0 aliphatic carbocycles. The second kappa shape index (κ2) is 5.64. The highest BCUT2D eigenvalue weighted by Gasteiger charge is 2.13. The highest BCUT2D eigenvalue weighted by molar-refractivity contribution is 5.85. The van der Waals surface area contributed by atoms with Gasteiger partial charge in [0, 0.05) is 20.2 Å². The normalized spacial score (nSPS) is 15.4. The van der Waals surface area contributed by atoms with Crippen LogP contribution in [0.25, 0.3) is 0 Å². The van der Waals surface area contributed by atoms with Gasteiger partial charge in [0.25, 0.3) is 0 Å². The lowest BCUT2D eigenvalue weighted by atomic mass is 10.1. The van der Waals surface area contributed by atoms with Crippen LogP contribution in [0.1, 0.15) is 16.9 Å². The van der Waals surface area contributed by atoms with Crippen LogP contribution in [0.15, 0.2) is 30.0 Å². The molecule has 5 heteroatoms. The summed E-state index contributed by atoms with van der Waals surface area (Å²) in [6.07, 6.45) is 4.73. The van der Waals surface area contributed by atoms with E-state index in [-0.39, 0.29) is 5.69 Å². The molecule has 1 N–H and O–H groups in total. The standard InChI is InChI=1S/C13H16N2O3/c1-18-9-10-4-6-15(7-5-10)11-2-3-12(13(16)17)14-8-11/h2-4,8H,5-7,9H2,1H3,(H,16,17). The molecule has 1 aromatic rings. The van der Waals surface area contributed by atoms with Crippen molar-refractivity contribution in [3.8, 4) is 0 Å². The fourth-order valence-corrected chi connectivity index (χ4v) is 1.96. The maximum Gasteiger partial charge on any atom is 0.354 e. The van der Waals surface area contributed by atoms with Crippen LogP contribution in [-0.4, -0.2) is 42.9 Å². The number of carboxylic acid groups (broad SMARTS) is 1. The van der Waals surface area contributed by atoms with Crippen molar-refractivity contribution in [2.24, 2.45) is 0 Å². The van der Waals surface area contributed by atoms with E-state index in [2.05, 4.69) is 16.0 Å². The van der Waals surface area contributed by atoms with Gasteiger partial charge in [0.05, 0.1) is 18.5 Å². The molecular weight excluding hydrogens is 232 g/mol. The third-order valence-corrected chi connectivity index (χ3v) is 2.97. The lowest BCUT2D eigenvalue weighted by Crippen LogP contribution is -2.29. The number of ether oxygens (including phenoxy) is 1. The van der Waals surface area contributed by atoms with Crippen LogP contribution in [0.4, 0.5) is 5.69 Å². The Hall–Kier alpha value is -1.88. The minimum Gasteiger partial charge on any atom is -0.477 e. The van der Waals surface area contributed by atoms with Crippen LogP contribution in [0, 0.1) is 0 Å². The Bertz CT molecular complexity index is 454. The monoisotopic (exact) mass is 248 g/mol. The summed E-state index contributed by atoms with van der Waals surface area (Å²) in [6.45, 7) is 2.40. The molecule has 1 aromatic heterocycles. The number of hydrogen-bond donors (Lipinski definition) is 1. The fourth-order valence-electron chi connectivity index (χ4n) is 1.96.